The first-order chi connectivity index (χ1) is 17.4. The molecule has 1 atom stereocenters. The second kappa shape index (κ2) is 9.99. The van der Waals surface area contributed by atoms with Crippen LogP contribution in [-0.4, -0.2) is 50.7 Å². The quantitative estimate of drug-likeness (QED) is 0.479. The lowest BCUT2D eigenvalue weighted by atomic mass is 9.75. The molecule has 2 aliphatic rings. The third-order valence-corrected chi connectivity index (χ3v) is 7.33. The van der Waals surface area contributed by atoms with Crippen molar-refractivity contribution in [2.75, 3.05) is 5.32 Å². The number of rotatable bonds is 7. The fourth-order valence-corrected chi connectivity index (χ4v) is 5.66. The SMILES string of the molecule is CC(=O)OC(C(=O)O)C1CCC(Nc2cc(-n3nc(C)c4c3CC(C)(C)CC4=O)ccc2C(N)=O)CC1. The predicted octanol–water partition coefficient (Wildman–Crippen LogP) is 3.42. The number of benzene rings is 1. The minimum atomic E-state index is -1.16. The highest BCUT2D eigenvalue weighted by Gasteiger charge is 2.37. The zero-order valence-electron chi connectivity index (χ0n) is 21.7. The minimum Gasteiger partial charge on any atom is -0.478 e. The molecule has 2 aromatic rings. The topological polar surface area (TPSA) is 154 Å². The molecule has 0 radical (unpaired) electrons. The van der Waals surface area contributed by atoms with Gasteiger partial charge in [0.25, 0.3) is 5.91 Å². The summed E-state index contributed by atoms with van der Waals surface area (Å²) in [4.78, 5) is 47.9. The first kappa shape index (κ1) is 26.4. The normalized spacial score (nSPS) is 21.6. The Balaban J connectivity index is 1.58. The molecule has 37 heavy (non-hydrogen) atoms. The number of anilines is 1. The maximum atomic E-state index is 12.8. The zero-order chi connectivity index (χ0) is 27.1. The zero-order valence-corrected chi connectivity index (χ0v) is 21.7. The van der Waals surface area contributed by atoms with Gasteiger partial charge in [0, 0.05) is 31.0 Å². The standard InChI is InChI=1S/C27H34N4O6/c1-14-23-21(12-27(3,4)13-22(23)33)31(30-14)18-9-10-19(25(28)34)20(11-18)29-17-7-5-16(6-8-17)24(26(35)36)37-15(2)32/h9-11,16-17,24,29H,5-8,12-13H2,1-4H3,(H2,28,34)(H,35,36). The number of hydrogen-bond acceptors (Lipinski definition) is 7. The van der Waals surface area contributed by atoms with Crippen LogP contribution in [0.4, 0.5) is 5.69 Å². The van der Waals surface area contributed by atoms with E-state index >= 15 is 0 Å². The van der Waals surface area contributed by atoms with E-state index in [1.54, 1.807) is 16.8 Å². The van der Waals surface area contributed by atoms with E-state index in [2.05, 4.69) is 24.3 Å². The Hall–Kier alpha value is -3.69. The summed E-state index contributed by atoms with van der Waals surface area (Å²) in [5.41, 5.74) is 9.32. The van der Waals surface area contributed by atoms with Crippen molar-refractivity contribution in [1.82, 2.24) is 9.78 Å². The lowest BCUT2D eigenvalue weighted by molar-refractivity contribution is -0.167. The van der Waals surface area contributed by atoms with Crippen molar-refractivity contribution in [1.29, 1.82) is 0 Å². The van der Waals surface area contributed by atoms with Crippen LogP contribution in [0, 0.1) is 18.3 Å². The fraction of sp³-hybridized carbons (Fsp3) is 0.519. The number of nitrogens with zero attached hydrogens (tertiary/aromatic N) is 2. The number of carbonyl (C=O) groups excluding carboxylic acids is 3. The molecule has 1 amide bonds. The fourth-order valence-electron chi connectivity index (χ4n) is 5.66. The molecule has 198 valence electrons. The van der Waals surface area contributed by atoms with Crippen LogP contribution in [0.15, 0.2) is 18.2 Å². The summed E-state index contributed by atoms with van der Waals surface area (Å²) in [7, 11) is 0. The average molecular weight is 511 g/mol. The molecule has 1 unspecified atom stereocenters. The molecule has 1 fully saturated rings. The molecule has 1 saturated carbocycles. The Bertz CT molecular complexity index is 1260. The maximum absolute atomic E-state index is 12.8. The van der Waals surface area contributed by atoms with Gasteiger partial charge in [0.1, 0.15) is 0 Å². The van der Waals surface area contributed by atoms with E-state index in [4.69, 9.17) is 10.5 Å². The summed E-state index contributed by atoms with van der Waals surface area (Å²) in [5, 5.41) is 17.6. The van der Waals surface area contributed by atoms with Crippen LogP contribution in [0.5, 0.6) is 0 Å². The predicted molar refractivity (Wildman–Crippen MR) is 136 cm³/mol. The van der Waals surface area contributed by atoms with Gasteiger partial charge in [-0.1, -0.05) is 13.8 Å². The highest BCUT2D eigenvalue weighted by Crippen LogP contribution is 2.38. The summed E-state index contributed by atoms with van der Waals surface area (Å²) < 4.78 is 6.82. The number of aliphatic carboxylic acids is 1. The number of esters is 1. The molecule has 10 nitrogen and oxygen atoms in total. The van der Waals surface area contributed by atoms with Gasteiger partial charge >= 0.3 is 11.9 Å². The van der Waals surface area contributed by atoms with Gasteiger partial charge in [0.15, 0.2) is 5.78 Å². The first-order valence-electron chi connectivity index (χ1n) is 12.6. The minimum absolute atomic E-state index is 0.0230. The smallest absolute Gasteiger partial charge is 0.345 e. The van der Waals surface area contributed by atoms with Gasteiger partial charge in [0.2, 0.25) is 6.10 Å². The van der Waals surface area contributed by atoms with Crippen LogP contribution >= 0.6 is 0 Å². The average Bonchev–Trinajstić information content (AvgIpc) is 3.12. The summed E-state index contributed by atoms with van der Waals surface area (Å²) in [6, 6.07) is 5.23. The number of carboxylic acid groups (broad SMARTS) is 1. The Kier molecular flexibility index (Phi) is 7.12. The van der Waals surface area contributed by atoms with Crippen molar-refractivity contribution in [3.63, 3.8) is 0 Å². The van der Waals surface area contributed by atoms with Crippen molar-refractivity contribution in [3.8, 4) is 5.69 Å². The number of aryl methyl sites for hydroxylation is 1. The lowest BCUT2D eigenvalue weighted by Gasteiger charge is -2.32. The number of ether oxygens (including phenoxy) is 1. The molecule has 4 rings (SSSR count). The molecule has 4 N–H and O–H groups in total. The van der Waals surface area contributed by atoms with Gasteiger partial charge in [-0.15, -0.1) is 0 Å². The van der Waals surface area contributed by atoms with Gasteiger partial charge in [-0.3, -0.25) is 14.4 Å². The summed E-state index contributed by atoms with van der Waals surface area (Å²) in [6.07, 6.45) is 2.39. The number of aromatic nitrogens is 2. The van der Waals surface area contributed by atoms with Gasteiger partial charge in [0.05, 0.1) is 28.2 Å². The lowest BCUT2D eigenvalue weighted by Crippen LogP contribution is -2.38. The second-order valence-corrected chi connectivity index (χ2v) is 11.0. The molecular weight excluding hydrogens is 476 g/mol. The number of carboxylic acids is 1. The largest absolute Gasteiger partial charge is 0.478 e. The van der Waals surface area contributed by atoms with Gasteiger partial charge < -0.3 is 20.9 Å². The number of primary amides is 1. The molecule has 0 spiro atoms. The van der Waals surface area contributed by atoms with E-state index in [1.807, 2.05) is 13.0 Å². The van der Waals surface area contributed by atoms with Gasteiger partial charge in [-0.2, -0.15) is 5.10 Å². The van der Waals surface area contributed by atoms with Crippen molar-refractivity contribution in [3.05, 3.63) is 40.7 Å². The molecule has 1 aromatic heterocycles. The number of nitrogens with two attached hydrogens (primary N) is 1. The summed E-state index contributed by atoms with van der Waals surface area (Å²) >= 11 is 0. The summed E-state index contributed by atoms with van der Waals surface area (Å²) in [6.45, 7) is 7.17. The molecule has 2 aliphatic carbocycles. The number of ketones is 1. The van der Waals surface area contributed by atoms with E-state index in [-0.39, 0.29) is 23.2 Å². The molecular formula is C27H34N4O6. The van der Waals surface area contributed by atoms with Crippen LogP contribution in [0.1, 0.15) is 85.0 Å². The number of carbonyl (C=O) groups is 4. The number of hydrogen-bond donors (Lipinski definition) is 3. The van der Waals surface area contributed by atoms with Gasteiger partial charge in [-0.05, 0) is 62.6 Å². The Morgan fingerprint density at radius 2 is 1.86 bits per heavy atom. The molecule has 1 aromatic carbocycles. The monoisotopic (exact) mass is 510 g/mol. The van der Waals surface area contributed by atoms with Crippen molar-refractivity contribution in [2.45, 2.75) is 78.4 Å². The summed E-state index contributed by atoms with van der Waals surface area (Å²) in [5.74, 6) is -2.52. The number of Topliss-reactive ketones (excluding diaryl/α,β-unsaturated/α-hetero) is 1. The van der Waals surface area contributed by atoms with Crippen LogP contribution in [-0.2, 0) is 20.7 Å². The van der Waals surface area contributed by atoms with Crippen LogP contribution in [0.2, 0.25) is 0 Å². The maximum Gasteiger partial charge on any atom is 0.345 e. The van der Waals surface area contributed by atoms with Crippen molar-refractivity contribution >= 4 is 29.3 Å². The Labute approximate surface area is 215 Å². The first-order valence-corrected chi connectivity index (χ1v) is 12.6. The van der Waals surface area contributed by atoms with E-state index < -0.39 is 23.9 Å². The number of nitrogens with one attached hydrogen (secondary N) is 1. The van der Waals surface area contributed by atoms with Crippen molar-refractivity contribution < 1.29 is 29.0 Å². The second-order valence-electron chi connectivity index (χ2n) is 11.0. The van der Waals surface area contributed by atoms with Gasteiger partial charge in [-0.25, -0.2) is 9.48 Å². The van der Waals surface area contributed by atoms with E-state index in [1.165, 1.54) is 6.92 Å². The number of amides is 1. The van der Waals surface area contributed by atoms with Crippen LogP contribution in [0.25, 0.3) is 5.69 Å². The molecule has 0 saturated heterocycles. The van der Waals surface area contributed by atoms with Crippen molar-refractivity contribution in [2.24, 2.45) is 17.1 Å². The van der Waals surface area contributed by atoms with Crippen LogP contribution < -0.4 is 11.1 Å². The highest BCUT2D eigenvalue weighted by molar-refractivity contribution is 6.00. The molecule has 10 heteroatoms. The highest BCUT2D eigenvalue weighted by atomic mass is 16.6. The molecule has 0 aliphatic heterocycles. The molecule has 1 heterocycles. The van der Waals surface area contributed by atoms with E-state index in [0.717, 1.165) is 11.4 Å². The van der Waals surface area contributed by atoms with E-state index in [0.29, 0.717) is 61.0 Å². The molecule has 0 bridgehead atoms. The Morgan fingerprint density at radius 3 is 2.46 bits per heavy atom. The Morgan fingerprint density at radius 1 is 1.19 bits per heavy atom. The van der Waals surface area contributed by atoms with E-state index in [9.17, 15) is 24.3 Å². The third kappa shape index (κ3) is 5.52. The van der Waals surface area contributed by atoms with Crippen LogP contribution in [0.3, 0.4) is 0 Å². The number of fused-ring (bicyclic) bond motifs is 1. The third-order valence-electron chi connectivity index (χ3n) is 7.33.